The van der Waals surface area contributed by atoms with Crippen LogP contribution in [0.1, 0.15) is 38.3 Å². The number of aliphatic hydroxyl groups is 1. The molecule has 18 heavy (non-hydrogen) atoms. The van der Waals surface area contributed by atoms with E-state index in [9.17, 15) is 5.11 Å². The first-order valence-electron chi connectivity index (χ1n) is 6.32. The highest BCUT2D eigenvalue weighted by atomic mass is 32.1. The van der Waals surface area contributed by atoms with Crippen molar-refractivity contribution >= 4 is 21.6 Å². The normalized spacial score (nSPS) is 14.1. The molecule has 98 valence electrons. The van der Waals surface area contributed by atoms with Gasteiger partial charge in [0.2, 0.25) is 0 Å². The van der Waals surface area contributed by atoms with Gasteiger partial charge in [-0.2, -0.15) is 0 Å². The maximum atomic E-state index is 10.2. The van der Waals surface area contributed by atoms with Crippen LogP contribution in [0.4, 0.5) is 0 Å². The Kier molecular flexibility index (Phi) is 3.69. The average Bonchev–Trinajstić information content (AvgIpc) is 2.71. The maximum absolute atomic E-state index is 10.2. The van der Waals surface area contributed by atoms with E-state index < -0.39 is 0 Å². The summed E-state index contributed by atoms with van der Waals surface area (Å²) in [6.45, 7) is 8.27. The van der Waals surface area contributed by atoms with E-state index in [1.54, 1.807) is 17.7 Å². The van der Waals surface area contributed by atoms with E-state index in [2.05, 4.69) is 23.0 Å². The molecule has 0 aliphatic rings. The van der Waals surface area contributed by atoms with Crippen LogP contribution >= 0.6 is 11.3 Å². The fourth-order valence-electron chi connectivity index (χ4n) is 1.78. The van der Waals surface area contributed by atoms with E-state index in [1.165, 1.54) is 4.88 Å². The molecule has 1 N–H and O–H groups in total. The van der Waals surface area contributed by atoms with Crippen molar-refractivity contribution in [1.82, 2.24) is 9.97 Å². The zero-order valence-electron chi connectivity index (χ0n) is 11.4. The van der Waals surface area contributed by atoms with Crippen LogP contribution in [-0.4, -0.2) is 21.2 Å². The van der Waals surface area contributed by atoms with Crippen molar-refractivity contribution in [2.24, 2.45) is 5.41 Å². The Morgan fingerprint density at radius 1 is 1.33 bits per heavy atom. The summed E-state index contributed by atoms with van der Waals surface area (Å²) in [6.07, 6.45) is 2.81. The number of aromatic nitrogens is 2. The second-order valence-corrected chi connectivity index (χ2v) is 6.81. The molecule has 2 heterocycles. The minimum atomic E-state index is -0.388. The van der Waals surface area contributed by atoms with Gasteiger partial charge < -0.3 is 5.11 Å². The number of aryl methyl sites for hydroxylation is 1. The van der Waals surface area contributed by atoms with Crippen LogP contribution in [0.15, 0.2) is 12.4 Å². The first-order chi connectivity index (χ1) is 8.41. The Labute approximate surface area is 112 Å². The van der Waals surface area contributed by atoms with Gasteiger partial charge >= 0.3 is 0 Å². The molecule has 0 aromatic carbocycles. The Bertz CT molecular complexity index is 542. The molecule has 0 amide bonds. The van der Waals surface area contributed by atoms with E-state index >= 15 is 0 Å². The van der Waals surface area contributed by atoms with Gasteiger partial charge in [0.05, 0.1) is 11.8 Å². The van der Waals surface area contributed by atoms with Crippen LogP contribution in [0.3, 0.4) is 0 Å². The third-order valence-electron chi connectivity index (χ3n) is 3.20. The quantitative estimate of drug-likeness (QED) is 0.926. The number of thiophene rings is 1. The van der Waals surface area contributed by atoms with Gasteiger partial charge in [-0.25, -0.2) is 9.97 Å². The summed E-state index contributed by atoms with van der Waals surface area (Å²) in [5.41, 5.74) is 0.833. The minimum Gasteiger partial charge on any atom is -0.392 e. The molecule has 4 heteroatoms. The molecule has 0 saturated heterocycles. The average molecular weight is 264 g/mol. The van der Waals surface area contributed by atoms with Crippen molar-refractivity contribution < 1.29 is 5.11 Å². The lowest BCUT2D eigenvalue weighted by atomic mass is 9.86. The van der Waals surface area contributed by atoms with Crippen LogP contribution in [0.5, 0.6) is 0 Å². The van der Waals surface area contributed by atoms with Crippen LogP contribution in [0, 0.1) is 5.41 Å². The van der Waals surface area contributed by atoms with Crippen molar-refractivity contribution in [3.63, 3.8) is 0 Å². The molecule has 2 aromatic rings. The lowest BCUT2D eigenvalue weighted by molar-refractivity contribution is 0.0631. The molecule has 0 fully saturated rings. The van der Waals surface area contributed by atoms with E-state index in [1.807, 2.05) is 20.8 Å². The summed E-state index contributed by atoms with van der Waals surface area (Å²) >= 11 is 1.71. The highest BCUT2D eigenvalue weighted by molar-refractivity contribution is 7.18. The number of rotatable bonds is 3. The molecule has 0 aliphatic heterocycles. The second-order valence-electron chi connectivity index (χ2n) is 5.69. The zero-order valence-corrected chi connectivity index (χ0v) is 12.2. The molecule has 2 rings (SSSR count). The molecule has 3 nitrogen and oxygen atoms in total. The van der Waals surface area contributed by atoms with E-state index in [-0.39, 0.29) is 11.5 Å². The highest BCUT2D eigenvalue weighted by Gasteiger charge is 2.23. The molecule has 0 bridgehead atoms. The smallest absolute Gasteiger partial charge is 0.127 e. The lowest BCUT2D eigenvalue weighted by Crippen LogP contribution is -2.28. The fraction of sp³-hybridized carbons (Fsp3) is 0.571. The summed E-state index contributed by atoms with van der Waals surface area (Å²) in [5.74, 6) is 0. The van der Waals surface area contributed by atoms with Gasteiger partial charge in [0.1, 0.15) is 11.2 Å². The fourth-order valence-corrected chi connectivity index (χ4v) is 2.74. The largest absolute Gasteiger partial charge is 0.392 e. The van der Waals surface area contributed by atoms with Gasteiger partial charge in [-0.15, -0.1) is 11.3 Å². The minimum absolute atomic E-state index is 0.124. The summed E-state index contributed by atoms with van der Waals surface area (Å²) in [6, 6.07) is 2.16. The van der Waals surface area contributed by atoms with Gasteiger partial charge in [0, 0.05) is 16.7 Å². The predicted molar refractivity (Wildman–Crippen MR) is 76.0 cm³/mol. The number of hydrogen-bond donors (Lipinski definition) is 1. The van der Waals surface area contributed by atoms with Gasteiger partial charge in [0.25, 0.3) is 0 Å². The summed E-state index contributed by atoms with van der Waals surface area (Å²) < 4.78 is 0. The van der Waals surface area contributed by atoms with Crippen LogP contribution in [0.25, 0.3) is 10.2 Å². The Morgan fingerprint density at radius 2 is 2.06 bits per heavy atom. The Hall–Kier alpha value is -1.00. The first kappa shape index (κ1) is 13.4. The molecular weight excluding hydrogens is 244 g/mol. The monoisotopic (exact) mass is 264 g/mol. The van der Waals surface area contributed by atoms with Gasteiger partial charge in [-0.05, 0) is 17.9 Å². The lowest BCUT2D eigenvalue weighted by Gasteiger charge is -2.25. The van der Waals surface area contributed by atoms with Crippen LogP contribution in [0.2, 0.25) is 0 Å². The summed E-state index contributed by atoms with van der Waals surface area (Å²) in [4.78, 5) is 11.0. The van der Waals surface area contributed by atoms with E-state index in [0.29, 0.717) is 6.42 Å². The van der Waals surface area contributed by atoms with Gasteiger partial charge in [-0.3, -0.25) is 0 Å². The van der Waals surface area contributed by atoms with Crippen molar-refractivity contribution in [3.8, 4) is 0 Å². The van der Waals surface area contributed by atoms with Crippen molar-refractivity contribution in [3.05, 3.63) is 23.0 Å². The Morgan fingerprint density at radius 3 is 2.67 bits per heavy atom. The highest BCUT2D eigenvalue weighted by Crippen LogP contribution is 2.28. The molecular formula is C14H20N2OS. The summed E-state index contributed by atoms with van der Waals surface area (Å²) in [5, 5.41) is 11.3. The molecule has 0 saturated carbocycles. The molecule has 2 aromatic heterocycles. The van der Waals surface area contributed by atoms with Crippen molar-refractivity contribution in [2.45, 2.75) is 46.6 Å². The molecule has 0 spiro atoms. The van der Waals surface area contributed by atoms with Gasteiger partial charge in [-0.1, -0.05) is 27.7 Å². The molecule has 1 unspecified atom stereocenters. The third kappa shape index (κ3) is 2.70. The van der Waals surface area contributed by atoms with E-state index in [0.717, 1.165) is 22.3 Å². The second kappa shape index (κ2) is 4.94. The molecule has 0 aliphatic carbocycles. The Balaban J connectivity index is 2.36. The molecule has 0 radical (unpaired) electrons. The van der Waals surface area contributed by atoms with E-state index in [4.69, 9.17) is 0 Å². The summed E-state index contributed by atoms with van der Waals surface area (Å²) in [7, 11) is 0. The third-order valence-corrected chi connectivity index (χ3v) is 4.39. The zero-order chi connectivity index (χ0) is 13.3. The first-order valence-corrected chi connectivity index (χ1v) is 7.14. The SMILES string of the molecule is CCc1cc2c(CC(O)C(C)(C)C)ncnc2s1. The van der Waals surface area contributed by atoms with Gasteiger partial charge in [0.15, 0.2) is 0 Å². The number of nitrogens with zero attached hydrogens (tertiary/aromatic N) is 2. The number of aliphatic hydroxyl groups excluding tert-OH is 1. The predicted octanol–water partition coefficient (Wildman–Crippen LogP) is 3.20. The molecule has 1 atom stereocenters. The van der Waals surface area contributed by atoms with Crippen LogP contribution in [-0.2, 0) is 12.8 Å². The van der Waals surface area contributed by atoms with Crippen LogP contribution < -0.4 is 0 Å². The maximum Gasteiger partial charge on any atom is 0.127 e. The van der Waals surface area contributed by atoms with Crippen molar-refractivity contribution in [2.75, 3.05) is 0 Å². The number of fused-ring (bicyclic) bond motifs is 1. The van der Waals surface area contributed by atoms with Crippen molar-refractivity contribution in [1.29, 1.82) is 0 Å². The topological polar surface area (TPSA) is 46.0 Å². The number of hydrogen-bond acceptors (Lipinski definition) is 4. The standard InChI is InChI=1S/C14H20N2OS/c1-5-9-6-10-11(7-12(17)14(2,3)4)15-8-16-13(10)18-9/h6,8,12,17H,5,7H2,1-4H3.